The highest BCUT2D eigenvalue weighted by Crippen LogP contribution is 2.28. The van der Waals surface area contributed by atoms with Crippen LogP contribution in [0.15, 0.2) is 42.5 Å². The molecule has 0 saturated carbocycles. The Bertz CT molecular complexity index is 847. The highest BCUT2D eigenvalue weighted by molar-refractivity contribution is 7.22. The molecule has 0 aliphatic carbocycles. The molecule has 0 saturated heterocycles. The predicted molar refractivity (Wildman–Crippen MR) is 94.4 cm³/mol. The van der Waals surface area contributed by atoms with E-state index >= 15 is 0 Å². The van der Waals surface area contributed by atoms with Gasteiger partial charge < -0.3 is 10.1 Å². The van der Waals surface area contributed by atoms with Gasteiger partial charge in [0, 0.05) is 11.6 Å². The van der Waals surface area contributed by atoms with Crippen LogP contribution >= 0.6 is 22.9 Å². The molecule has 0 aliphatic heterocycles. The van der Waals surface area contributed by atoms with Gasteiger partial charge in [-0.3, -0.25) is 0 Å². The predicted octanol–water partition coefficient (Wildman–Crippen LogP) is 4.74. The summed E-state index contributed by atoms with van der Waals surface area (Å²) in [4.78, 5) is 16.3. The highest BCUT2D eigenvalue weighted by Gasteiger charge is 2.10. The average Bonchev–Trinajstić information content (AvgIpc) is 2.96. The molecule has 1 N–H and O–H groups in total. The van der Waals surface area contributed by atoms with Crippen molar-refractivity contribution in [1.82, 2.24) is 4.98 Å². The zero-order valence-electron chi connectivity index (χ0n) is 12.5. The molecule has 0 unspecified atom stereocenters. The largest absolute Gasteiger partial charge is 0.462 e. The maximum Gasteiger partial charge on any atom is 0.338 e. The van der Waals surface area contributed by atoms with Gasteiger partial charge in [0.25, 0.3) is 0 Å². The van der Waals surface area contributed by atoms with Crippen LogP contribution < -0.4 is 5.32 Å². The first kappa shape index (κ1) is 15.8. The molecule has 0 bridgehead atoms. The minimum Gasteiger partial charge on any atom is -0.462 e. The quantitative estimate of drug-likeness (QED) is 0.678. The number of carbonyl (C=O) groups excluding carboxylic acids is 1. The Labute approximate surface area is 143 Å². The maximum atomic E-state index is 11.8. The summed E-state index contributed by atoms with van der Waals surface area (Å²) in [5, 5.41) is 4.79. The molecule has 0 fully saturated rings. The number of anilines is 1. The van der Waals surface area contributed by atoms with Gasteiger partial charge in [0.15, 0.2) is 5.13 Å². The number of esters is 1. The molecule has 4 nitrogen and oxygen atoms in total. The summed E-state index contributed by atoms with van der Waals surface area (Å²) in [5.41, 5.74) is 2.41. The number of nitrogens with zero attached hydrogens (tertiary/aromatic N) is 1. The van der Waals surface area contributed by atoms with E-state index in [0.29, 0.717) is 18.7 Å². The van der Waals surface area contributed by atoms with Gasteiger partial charge in [-0.15, -0.1) is 0 Å². The van der Waals surface area contributed by atoms with E-state index in [1.165, 1.54) is 11.3 Å². The Morgan fingerprint density at radius 3 is 2.91 bits per heavy atom. The number of ether oxygens (including phenoxy) is 1. The van der Waals surface area contributed by atoms with Crippen LogP contribution in [0.2, 0.25) is 5.02 Å². The van der Waals surface area contributed by atoms with Gasteiger partial charge in [-0.05, 0) is 36.8 Å². The number of thiazole rings is 1. The fourth-order valence-corrected chi connectivity index (χ4v) is 3.26. The van der Waals surface area contributed by atoms with Crippen LogP contribution in [0.25, 0.3) is 10.2 Å². The van der Waals surface area contributed by atoms with Gasteiger partial charge in [-0.25, -0.2) is 9.78 Å². The summed E-state index contributed by atoms with van der Waals surface area (Å²) < 4.78 is 5.96. The SMILES string of the molecule is CCOC(=O)c1ccc2nc(NCc3ccccc3Cl)sc2c1. The van der Waals surface area contributed by atoms with Crippen molar-refractivity contribution in [1.29, 1.82) is 0 Å². The molecule has 1 aromatic heterocycles. The van der Waals surface area contributed by atoms with Gasteiger partial charge in [0.1, 0.15) is 0 Å². The van der Waals surface area contributed by atoms with Gasteiger partial charge in [-0.2, -0.15) is 0 Å². The summed E-state index contributed by atoms with van der Waals surface area (Å²) in [5.74, 6) is -0.312. The summed E-state index contributed by atoms with van der Waals surface area (Å²) in [6, 6.07) is 13.1. The van der Waals surface area contributed by atoms with Crippen molar-refractivity contribution >= 4 is 44.3 Å². The number of rotatable bonds is 5. The topological polar surface area (TPSA) is 51.2 Å². The first-order chi connectivity index (χ1) is 11.2. The molecule has 23 heavy (non-hydrogen) atoms. The van der Waals surface area contributed by atoms with E-state index in [0.717, 1.165) is 25.9 Å². The molecule has 118 valence electrons. The van der Waals surface area contributed by atoms with Crippen LogP contribution in [0.5, 0.6) is 0 Å². The van der Waals surface area contributed by atoms with Crippen molar-refractivity contribution in [2.75, 3.05) is 11.9 Å². The van der Waals surface area contributed by atoms with Crippen molar-refractivity contribution in [2.24, 2.45) is 0 Å². The molecule has 2 aromatic carbocycles. The number of carbonyl (C=O) groups is 1. The Balaban J connectivity index is 1.77. The number of hydrogen-bond acceptors (Lipinski definition) is 5. The Kier molecular flexibility index (Phi) is 4.79. The lowest BCUT2D eigenvalue weighted by Crippen LogP contribution is -2.03. The molecular formula is C17H15ClN2O2S. The van der Waals surface area contributed by atoms with Crippen molar-refractivity contribution in [3.63, 3.8) is 0 Å². The lowest BCUT2D eigenvalue weighted by Gasteiger charge is -2.04. The van der Waals surface area contributed by atoms with E-state index in [9.17, 15) is 4.79 Å². The van der Waals surface area contributed by atoms with E-state index in [4.69, 9.17) is 16.3 Å². The smallest absolute Gasteiger partial charge is 0.338 e. The fraction of sp³-hybridized carbons (Fsp3) is 0.176. The minimum atomic E-state index is -0.312. The van der Waals surface area contributed by atoms with Crippen LogP contribution in [0, 0.1) is 0 Å². The van der Waals surface area contributed by atoms with E-state index in [1.54, 1.807) is 13.0 Å². The van der Waals surface area contributed by atoms with Crippen molar-refractivity contribution in [3.8, 4) is 0 Å². The summed E-state index contributed by atoms with van der Waals surface area (Å²) >= 11 is 7.65. The standard InChI is InChI=1S/C17H15ClN2O2S/c1-2-22-16(21)11-7-8-14-15(9-11)23-17(20-14)19-10-12-5-3-4-6-13(12)18/h3-9H,2,10H2,1H3,(H,19,20). The van der Waals surface area contributed by atoms with E-state index in [1.807, 2.05) is 36.4 Å². The van der Waals surface area contributed by atoms with Crippen molar-refractivity contribution < 1.29 is 9.53 Å². The molecule has 3 rings (SSSR count). The summed E-state index contributed by atoms with van der Waals surface area (Å²) in [6.45, 7) is 2.76. The first-order valence-electron chi connectivity index (χ1n) is 7.22. The molecule has 0 radical (unpaired) electrons. The van der Waals surface area contributed by atoms with Gasteiger partial charge in [0.05, 0.1) is 22.4 Å². The second-order valence-corrected chi connectivity index (χ2v) is 6.30. The number of benzene rings is 2. The molecule has 1 heterocycles. The van der Waals surface area contributed by atoms with Crippen LogP contribution in [-0.4, -0.2) is 17.6 Å². The zero-order chi connectivity index (χ0) is 16.2. The van der Waals surface area contributed by atoms with Crippen LogP contribution in [0.1, 0.15) is 22.8 Å². The maximum absolute atomic E-state index is 11.8. The fourth-order valence-electron chi connectivity index (χ4n) is 2.15. The zero-order valence-corrected chi connectivity index (χ0v) is 14.1. The molecule has 0 spiro atoms. The Hall–Kier alpha value is -2.11. The normalized spacial score (nSPS) is 10.7. The van der Waals surface area contributed by atoms with Gasteiger partial charge in [-0.1, -0.05) is 41.1 Å². The first-order valence-corrected chi connectivity index (χ1v) is 8.42. The second kappa shape index (κ2) is 6.98. The second-order valence-electron chi connectivity index (χ2n) is 4.87. The molecule has 0 atom stereocenters. The molecule has 0 aliphatic rings. The van der Waals surface area contributed by atoms with Crippen LogP contribution in [0.4, 0.5) is 5.13 Å². The lowest BCUT2D eigenvalue weighted by molar-refractivity contribution is 0.0526. The number of nitrogens with one attached hydrogen (secondary N) is 1. The van der Waals surface area contributed by atoms with Crippen molar-refractivity contribution in [3.05, 3.63) is 58.6 Å². The third kappa shape index (κ3) is 3.63. The Morgan fingerprint density at radius 1 is 1.30 bits per heavy atom. The third-order valence-electron chi connectivity index (χ3n) is 3.29. The van der Waals surface area contributed by atoms with E-state index < -0.39 is 0 Å². The third-order valence-corrected chi connectivity index (χ3v) is 4.63. The van der Waals surface area contributed by atoms with Gasteiger partial charge >= 0.3 is 5.97 Å². The van der Waals surface area contributed by atoms with Gasteiger partial charge in [0.2, 0.25) is 0 Å². The van der Waals surface area contributed by atoms with Crippen LogP contribution in [-0.2, 0) is 11.3 Å². The van der Waals surface area contributed by atoms with E-state index in [2.05, 4.69) is 10.3 Å². The van der Waals surface area contributed by atoms with Crippen LogP contribution in [0.3, 0.4) is 0 Å². The highest BCUT2D eigenvalue weighted by atomic mass is 35.5. The lowest BCUT2D eigenvalue weighted by atomic mass is 10.2. The molecule has 0 amide bonds. The number of hydrogen-bond donors (Lipinski definition) is 1. The van der Waals surface area contributed by atoms with Crippen molar-refractivity contribution in [2.45, 2.75) is 13.5 Å². The summed E-state index contributed by atoms with van der Waals surface area (Å²) in [6.07, 6.45) is 0. The average molecular weight is 347 g/mol. The molecule has 6 heteroatoms. The summed E-state index contributed by atoms with van der Waals surface area (Å²) in [7, 11) is 0. The molecular weight excluding hydrogens is 332 g/mol. The number of fused-ring (bicyclic) bond motifs is 1. The minimum absolute atomic E-state index is 0.312. The Morgan fingerprint density at radius 2 is 2.13 bits per heavy atom. The molecule has 3 aromatic rings. The monoisotopic (exact) mass is 346 g/mol. The number of halogens is 1. The number of aromatic nitrogens is 1. The van der Waals surface area contributed by atoms with E-state index in [-0.39, 0.29) is 5.97 Å².